The third-order valence-corrected chi connectivity index (χ3v) is 4.34. The van der Waals surface area contributed by atoms with Gasteiger partial charge in [-0.25, -0.2) is 9.67 Å². The number of fused-ring (bicyclic) bond motifs is 1. The van der Waals surface area contributed by atoms with Crippen LogP contribution >= 0.6 is 0 Å². The summed E-state index contributed by atoms with van der Waals surface area (Å²) in [6.45, 7) is 2.79. The van der Waals surface area contributed by atoms with Crippen molar-refractivity contribution in [3.8, 4) is 5.82 Å². The van der Waals surface area contributed by atoms with Crippen LogP contribution in [-0.2, 0) is 13.0 Å². The molecule has 0 amide bonds. The van der Waals surface area contributed by atoms with E-state index in [1.54, 1.807) is 0 Å². The second-order valence-corrected chi connectivity index (χ2v) is 6.01. The van der Waals surface area contributed by atoms with Gasteiger partial charge in [-0.2, -0.15) is 10.2 Å². The van der Waals surface area contributed by atoms with Gasteiger partial charge in [0.05, 0.1) is 17.6 Å². The highest BCUT2D eigenvalue weighted by atomic mass is 15.3. The fraction of sp³-hybridized carbons (Fsp3) is 0.353. The highest BCUT2D eigenvalue weighted by molar-refractivity contribution is 5.32. The third-order valence-electron chi connectivity index (χ3n) is 4.34. The van der Waals surface area contributed by atoms with E-state index in [2.05, 4.69) is 31.7 Å². The second-order valence-electron chi connectivity index (χ2n) is 6.01. The van der Waals surface area contributed by atoms with Crippen LogP contribution in [-0.4, -0.2) is 25.0 Å². The molecule has 2 N–H and O–H groups in total. The molecule has 3 heterocycles. The predicted molar refractivity (Wildman–Crippen MR) is 87.2 cm³/mol. The van der Waals surface area contributed by atoms with Gasteiger partial charge in [0, 0.05) is 30.0 Å². The summed E-state index contributed by atoms with van der Waals surface area (Å²) in [5.74, 6) is 0.886. The molecule has 118 valence electrons. The van der Waals surface area contributed by atoms with Crippen LogP contribution in [0.2, 0.25) is 0 Å². The minimum Gasteiger partial charge on any atom is -0.304 e. The number of aromatic nitrogens is 5. The van der Waals surface area contributed by atoms with Gasteiger partial charge >= 0.3 is 0 Å². The van der Waals surface area contributed by atoms with Crippen LogP contribution in [0.1, 0.15) is 41.5 Å². The molecule has 1 unspecified atom stereocenters. The Balaban J connectivity index is 1.56. The van der Waals surface area contributed by atoms with Gasteiger partial charge in [-0.05, 0) is 44.4 Å². The van der Waals surface area contributed by atoms with E-state index in [0.717, 1.165) is 43.0 Å². The molecule has 0 radical (unpaired) electrons. The number of nitrogens with zero attached hydrogens (tertiary/aromatic N) is 4. The largest absolute Gasteiger partial charge is 0.304 e. The normalized spacial score (nSPS) is 17.2. The van der Waals surface area contributed by atoms with Gasteiger partial charge in [0.1, 0.15) is 0 Å². The first-order chi connectivity index (χ1) is 11.3. The van der Waals surface area contributed by atoms with Crippen molar-refractivity contribution < 1.29 is 0 Å². The van der Waals surface area contributed by atoms with Crippen molar-refractivity contribution in [1.82, 2.24) is 30.3 Å². The molecule has 0 aromatic carbocycles. The summed E-state index contributed by atoms with van der Waals surface area (Å²) in [6, 6.07) is 8.32. The summed E-state index contributed by atoms with van der Waals surface area (Å²) in [6.07, 6.45) is 7.12. The highest BCUT2D eigenvalue weighted by Gasteiger charge is 2.24. The molecule has 4 rings (SSSR count). The molecule has 1 aliphatic rings. The maximum atomic E-state index is 4.57. The Morgan fingerprint density at radius 2 is 2.35 bits per heavy atom. The van der Waals surface area contributed by atoms with Gasteiger partial charge < -0.3 is 5.32 Å². The number of H-pyrrole nitrogens is 1. The molecule has 0 fully saturated rings. The molecular weight excluding hydrogens is 288 g/mol. The molecule has 6 heteroatoms. The molecule has 3 aromatic heterocycles. The fourth-order valence-electron chi connectivity index (χ4n) is 3.24. The van der Waals surface area contributed by atoms with Crippen molar-refractivity contribution in [3.05, 3.63) is 59.3 Å². The van der Waals surface area contributed by atoms with Crippen LogP contribution in [0.15, 0.2) is 36.7 Å². The van der Waals surface area contributed by atoms with E-state index in [0.29, 0.717) is 6.04 Å². The van der Waals surface area contributed by atoms with Gasteiger partial charge in [-0.15, -0.1) is 0 Å². The number of pyridine rings is 1. The summed E-state index contributed by atoms with van der Waals surface area (Å²) in [4.78, 5) is 4.42. The van der Waals surface area contributed by atoms with E-state index in [9.17, 15) is 0 Å². The first-order valence-electron chi connectivity index (χ1n) is 8.04. The molecular formula is C17H20N6. The van der Waals surface area contributed by atoms with Crippen LogP contribution in [0.4, 0.5) is 0 Å². The topological polar surface area (TPSA) is 71.4 Å². The van der Waals surface area contributed by atoms with Crippen molar-refractivity contribution >= 4 is 0 Å². The van der Waals surface area contributed by atoms with E-state index in [1.165, 1.54) is 11.3 Å². The smallest absolute Gasteiger partial charge is 0.153 e. The van der Waals surface area contributed by atoms with E-state index >= 15 is 0 Å². The maximum Gasteiger partial charge on any atom is 0.153 e. The third kappa shape index (κ3) is 2.77. The zero-order valence-corrected chi connectivity index (χ0v) is 13.2. The van der Waals surface area contributed by atoms with Gasteiger partial charge in [0.15, 0.2) is 5.82 Å². The van der Waals surface area contributed by atoms with Crippen molar-refractivity contribution in [2.24, 2.45) is 0 Å². The van der Waals surface area contributed by atoms with Crippen LogP contribution < -0.4 is 5.32 Å². The summed E-state index contributed by atoms with van der Waals surface area (Å²) < 4.78 is 1.97. The molecule has 1 atom stereocenters. The summed E-state index contributed by atoms with van der Waals surface area (Å²) in [7, 11) is 0. The van der Waals surface area contributed by atoms with E-state index in [-0.39, 0.29) is 0 Å². The van der Waals surface area contributed by atoms with Gasteiger partial charge in [0.25, 0.3) is 0 Å². The van der Waals surface area contributed by atoms with Crippen LogP contribution in [0, 0.1) is 6.92 Å². The average molecular weight is 308 g/mol. The monoisotopic (exact) mass is 308 g/mol. The van der Waals surface area contributed by atoms with Crippen molar-refractivity contribution in [2.45, 2.75) is 38.8 Å². The Bertz CT molecular complexity index is 789. The molecule has 0 bridgehead atoms. The van der Waals surface area contributed by atoms with E-state index in [4.69, 9.17) is 0 Å². The lowest BCUT2D eigenvalue weighted by Crippen LogP contribution is -2.25. The molecule has 0 saturated heterocycles. The van der Waals surface area contributed by atoms with E-state index < -0.39 is 0 Å². The summed E-state index contributed by atoms with van der Waals surface area (Å²) in [5.41, 5.74) is 4.70. The molecule has 1 aliphatic carbocycles. The molecule has 0 spiro atoms. The maximum absolute atomic E-state index is 4.57. The summed E-state index contributed by atoms with van der Waals surface area (Å²) >= 11 is 0. The fourth-order valence-corrected chi connectivity index (χ4v) is 3.24. The quantitative estimate of drug-likeness (QED) is 0.776. The zero-order chi connectivity index (χ0) is 15.6. The molecule has 3 aromatic rings. The van der Waals surface area contributed by atoms with Crippen molar-refractivity contribution in [2.75, 3.05) is 0 Å². The Hall–Kier alpha value is -2.47. The number of hydrogen-bond donors (Lipinski definition) is 2. The lowest BCUT2D eigenvalue weighted by atomic mass is 9.93. The van der Waals surface area contributed by atoms with Crippen LogP contribution in [0.5, 0.6) is 0 Å². The second kappa shape index (κ2) is 5.96. The Labute approximate surface area is 135 Å². The first-order valence-corrected chi connectivity index (χ1v) is 8.04. The Morgan fingerprint density at radius 3 is 3.13 bits per heavy atom. The Kier molecular flexibility index (Phi) is 3.67. The highest BCUT2D eigenvalue weighted by Crippen LogP contribution is 2.30. The molecule has 23 heavy (non-hydrogen) atoms. The van der Waals surface area contributed by atoms with Gasteiger partial charge in [-0.3, -0.25) is 5.10 Å². The molecule has 0 aliphatic heterocycles. The lowest BCUT2D eigenvalue weighted by molar-refractivity contribution is 0.451. The number of rotatable bonds is 4. The number of hydrogen-bond acceptors (Lipinski definition) is 4. The number of aromatic amines is 1. The van der Waals surface area contributed by atoms with E-state index in [1.807, 2.05) is 42.2 Å². The molecule has 0 saturated carbocycles. The minimum atomic E-state index is 0.327. The SMILES string of the molecule is Cc1cc(CNC2CCCc3c2cnn3-c2ccccn2)n[nH]1. The van der Waals surface area contributed by atoms with Crippen molar-refractivity contribution in [3.63, 3.8) is 0 Å². The average Bonchev–Trinajstić information content (AvgIpc) is 3.20. The molecule has 6 nitrogen and oxygen atoms in total. The number of aryl methyl sites for hydroxylation is 1. The van der Waals surface area contributed by atoms with Gasteiger partial charge in [0.2, 0.25) is 0 Å². The number of nitrogens with one attached hydrogen (secondary N) is 2. The van der Waals surface area contributed by atoms with Crippen molar-refractivity contribution in [1.29, 1.82) is 0 Å². The Morgan fingerprint density at radius 1 is 1.39 bits per heavy atom. The minimum absolute atomic E-state index is 0.327. The standard InChI is InChI=1S/C17H20N6/c1-12-9-13(22-21-12)10-19-15-5-4-6-16-14(15)11-20-23(16)17-7-2-3-8-18-17/h2-3,7-9,11,15,19H,4-6,10H2,1H3,(H,21,22). The summed E-state index contributed by atoms with van der Waals surface area (Å²) in [5, 5.41) is 15.5. The van der Waals surface area contributed by atoms with Crippen LogP contribution in [0.25, 0.3) is 5.82 Å². The van der Waals surface area contributed by atoms with Crippen LogP contribution in [0.3, 0.4) is 0 Å². The predicted octanol–water partition coefficient (Wildman–Crippen LogP) is 2.47. The zero-order valence-electron chi connectivity index (χ0n) is 13.2. The first kappa shape index (κ1) is 14.1. The van der Waals surface area contributed by atoms with Gasteiger partial charge in [-0.1, -0.05) is 6.07 Å². The lowest BCUT2D eigenvalue weighted by Gasteiger charge is -2.23.